The van der Waals surface area contributed by atoms with E-state index in [1.54, 1.807) is 30.5 Å². The number of amides is 2. The van der Waals surface area contributed by atoms with Gasteiger partial charge in [0.2, 0.25) is 5.89 Å². The van der Waals surface area contributed by atoms with E-state index in [0.717, 1.165) is 5.76 Å². The summed E-state index contributed by atoms with van der Waals surface area (Å²) in [5.74, 6) is 2.83. The van der Waals surface area contributed by atoms with Gasteiger partial charge in [-0.1, -0.05) is 19.0 Å². The van der Waals surface area contributed by atoms with Crippen molar-refractivity contribution in [2.75, 3.05) is 11.9 Å². The minimum Gasteiger partial charge on any atom is -0.486 e. The molecule has 2 aromatic heterocycles. The zero-order chi connectivity index (χ0) is 19.1. The smallest absolute Gasteiger partial charge is 0.319 e. The lowest BCUT2D eigenvalue weighted by Gasteiger charge is -2.08. The zero-order valence-corrected chi connectivity index (χ0v) is 15.3. The van der Waals surface area contributed by atoms with Gasteiger partial charge in [-0.05, 0) is 36.4 Å². The number of nitrogens with zero attached hydrogens (tertiary/aromatic N) is 2. The van der Waals surface area contributed by atoms with E-state index in [-0.39, 0.29) is 11.9 Å². The summed E-state index contributed by atoms with van der Waals surface area (Å²) in [6, 6.07) is 10.5. The quantitative estimate of drug-likeness (QED) is 0.626. The van der Waals surface area contributed by atoms with Gasteiger partial charge >= 0.3 is 6.03 Å². The zero-order valence-electron chi connectivity index (χ0n) is 15.3. The van der Waals surface area contributed by atoms with Crippen LogP contribution in [0.2, 0.25) is 0 Å². The molecular formula is C19H22N4O4. The van der Waals surface area contributed by atoms with Gasteiger partial charge in [0.1, 0.15) is 18.1 Å². The number of rotatable bonds is 8. The van der Waals surface area contributed by atoms with Crippen molar-refractivity contribution < 1.29 is 18.5 Å². The molecule has 0 fully saturated rings. The van der Waals surface area contributed by atoms with E-state index in [0.29, 0.717) is 42.7 Å². The van der Waals surface area contributed by atoms with Crippen molar-refractivity contribution in [3.05, 3.63) is 60.1 Å². The maximum atomic E-state index is 11.9. The van der Waals surface area contributed by atoms with Crippen molar-refractivity contribution >= 4 is 11.7 Å². The third-order valence-corrected chi connectivity index (χ3v) is 3.70. The first kappa shape index (κ1) is 18.5. The van der Waals surface area contributed by atoms with Gasteiger partial charge in [0.05, 0.1) is 6.26 Å². The molecule has 2 N–H and O–H groups in total. The van der Waals surface area contributed by atoms with Crippen LogP contribution in [0.5, 0.6) is 5.75 Å². The lowest BCUT2D eigenvalue weighted by Crippen LogP contribution is -2.30. The first-order valence-corrected chi connectivity index (χ1v) is 8.73. The normalized spacial score (nSPS) is 10.8. The highest BCUT2D eigenvalue weighted by atomic mass is 16.5. The van der Waals surface area contributed by atoms with Gasteiger partial charge in [-0.15, -0.1) is 0 Å². The standard InChI is InChI=1S/C19H22N4O4/c1-13(2)18-22-17(27-23-18)9-10-20-19(24)21-14-5-7-15(8-6-14)26-12-16-4-3-11-25-16/h3-8,11,13H,9-10,12H2,1-2H3,(H2,20,21,24). The number of carbonyl (C=O) groups is 1. The fourth-order valence-electron chi connectivity index (χ4n) is 2.25. The molecule has 0 bridgehead atoms. The number of hydrogen-bond donors (Lipinski definition) is 2. The Morgan fingerprint density at radius 3 is 2.70 bits per heavy atom. The highest BCUT2D eigenvalue weighted by Gasteiger charge is 2.10. The van der Waals surface area contributed by atoms with Gasteiger partial charge in [-0.25, -0.2) is 4.79 Å². The van der Waals surface area contributed by atoms with Gasteiger partial charge < -0.3 is 24.3 Å². The second kappa shape index (κ2) is 8.88. The Morgan fingerprint density at radius 2 is 2.04 bits per heavy atom. The molecule has 3 rings (SSSR count). The Balaban J connectivity index is 1.39. The molecule has 2 amide bonds. The fraction of sp³-hybridized carbons (Fsp3) is 0.316. The molecule has 0 atom stereocenters. The van der Waals surface area contributed by atoms with E-state index in [9.17, 15) is 4.79 Å². The Bertz CT molecular complexity index is 841. The highest BCUT2D eigenvalue weighted by Crippen LogP contribution is 2.17. The number of furan rings is 1. The Kier molecular flexibility index (Phi) is 6.09. The van der Waals surface area contributed by atoms with Crippen molar-refractivity contribution in [3.63, 3.8) is 0 Å². The molecule has 8 nitrogen and oxygen atoms in total. The first-order valence-electron chi connectivity index (χ1n) is 8.73. The molecule has 2 heterocycles. The topological polar surface area (TPSA) is 102 Å². The van der Waals surface area contributed by atoms with E-state index in [1.807, 2.05) is 26.0 Å². The molecule has 0 aliphatic heterocycles. The summed E-state index contributed by atoms with van der Waals surface area (Å²) in [5.41, 5.74) is 0.665. The van der Waals surface area contributed by atoms with E-state index in [2.05, 4.69) is 20.8 Å². The van der Waals surface area contributed by atoms with Crippen LogP contribution in [0, 0.1) is 0 Å². The van der Waals surface area contributed by atoms with Crippen LogP contribution < -0.4 is 15.4 Å². The van der Waals surface area contributed by atoms with E-state index in [4.69, 9.17) is 13.7 Å². The summed E-state index contributed by atoms with van der Waals surface area (Å²) in [6.45, 7) is 4.74. The van der Waals surface area contributed by atoms with Crippen LogP contribution in [0.15, 0.2) is 51.6 Å². The molecule has 27 heavy (non-hydrogen) atoms. The predicted molar refractivity (Wildman–Crippen MR) is 98.6 cm³/mol. The van der Waals surface area contributed by atoms with Crippen LogP contribution >= 0.6 is 0 Å². The van der Waals surface area contributed by atoms with Crippen LogP contribution in [-0.2, 0) is 13.0 Å². The summed E-state index contributed by atoms with van der Waals surface area (Å²) < 4.78 is 15.9. The monoisotopic (exact) mass is 370 g/mol. The molecule has 0 saturated heterocycles. The predicted octanol–water partition coefficient (Wildman–Crippen LogP) is 3.73. The summed E-state index contributed by atoms with van der Waals surface area (Å²) in [4.78, 5) is 16.2. The first-order chi connectivity index (χ1) is 13.1. The number of anilines is 1. The fourth-order valence-corrected chi connectivity index (χ4v) is 2.25. The van der Waals surface area contributed by atoms with Gasteiger partial charge in [-0.3, -0.25) is 0 Å². The molecule has 0 spiro atoms. The SMILES string of the molecule is CC(C)c1noc(CCNC(=O)Nc2ccc(OCc3ccco3)cc2)n1. The number of aromatic nitrogens is 2. The van der Waals surface area contributed by atoms with Gasteiger partial charge in [0.25, 0.3) is 0 Å². The lowest BCUT2D eigenvalue weighted by molar-refractivity contribution is 0.251. The maximum absolute atomic E-state index is 11.9. The number of urea groups is 1. The van der Waals surface area contributed by atoms with Crippen LogP contribution in [0.3, 0.4) is 0 Å². The van der Waals surface area contributed by atoms with Crippen LogP contribution in [0.4, 0.5) is 10.5 Å². The highest BCUT2D eigenvalue weighted by molar-refractivity contribution is 5.89. The van der Waals surface area contributed by atoms with Crippen molar-refractivity contribution in [1.29, 1.82) is 0 Å². The minimum atomic E-state index is -0.303. The number of hydrogen-bond acceptors (Lipinski definition) is 6. The molecule has 3 aromatic rings. The third kappa shape index (κ3) is 5.60. The molecule has 0 aliphatic carbocycles. The van der Waals surface area contributed by atoms with E-state index >= 15 is 0 Å². The number of benzene rings is 1. The van der Waals surface area contributed by atoms with Crippen LogP contribution in [-0.4, -0.2) is 22.7 Å². The third-order valence-electron chi connectivity index (χ3n) is 3.70. The number of ether oxygens (including phenoxy) is 1. The number of carbonyl (C=O) groups excluding carboxylic acids is 1. The molecule has 0 unspecified atom stereocenters. The summed E-state index contributed by atoms with van der Waals surface area (Å²) >= 11 is 0. The Hall–Kier alpha value is -3.29. The van der Waals surface area contributed by atoms with Crippen molar-refractivity contribution in [3.8, 4) is 5.75 Å². The average Bonchev–Trinajstić information content (AvgIpc) is 3.33. The summed E-state index contributed by atoms with van der Waals surface area (Å²) in [7, 11) is 0. The van der Waals surface area contributed by atoms with Gasteiger partial charge in [0, 0.05) is 24.6 Å². The molecule has 0 aliphatic rings. The largest absolute Gasteiger partial charge is 0.486 e. The number of nitrogens with one attached hydrogen (secondary N) is 2. The van der Waals surface area contributed by atoms with Gasteiger partial charge in [0.15, 0.2) is 5.82 Å². The van der Waals surface area contributed by atoms with Crippen molar-refractivity contribution in [2.24, 2.45) is 0 Å². The summed E-state index contributed by atoms with van der Waals surface area (Å²) in [6.07, 6.45) is 2.08. The van der Waals surface area contributed by atoms with E-state index < -0.39 is 0 Å². The molecule has 142 valence electrons. The van der Waals surface area contributed by atoms with Crippen molar-refractivity contribution in [2.45, 2.75) is 32.8 Å². The van der Waals surface area contributed by atoms with Crippen molar-refractivity contribution in [1.82, 2.24) is 15.5 Å². The van der Waals surface area contributed by atoms with Crippen LogP contribution in [0.25, 0.3) is 0 Å². The molecule has 8 heteroatoms. The Morgan fingerprint density at radius 1 is 1.22 bits per heavy atom. The lowest BCUT2D eigenvalue weighted by atomic mass is 10.2. The average molecular weight is 370 g/mol. The van der Waals surface area contributed by atoms with Gasteiger partial charge in [-0.2, -0.15) is 4.98 Å². The summed E-state index contributed by atoms with van der Waals surface area (Å²) in [5, 5.41) is 9.40. The second-order valence-corrected chi connectivity index (χ2v) is 6.22. The second-order valence-electron chi connectivity index (χ2n) is 6.22. The molecule has 0 saturated carbocycles. The minimum absolute atomic E-state index is 0.213. The molecule has 0 radical (unpaired) electrons. The van der Waals surface area contributed by atoms with E-state index in [1.165, 1.54) is 0 Å². The molecule has 1 aromatic carbocycles. The Labute approximate surface area is 156 Å². The molecular weight excluding hydrogens is 348 g/mol. The van der Waals surface area contributed by atoms with Crippen LogP contribution in [0.1, 0.15) is 37.2 Å². The maximum Gasteiger partial charge on any atom is 0.319 e.